The zero-order valence-electron chi connectivity index (χ0n) is 14.2. The molecule has 2 unspecified atom stereocenters. The standard InChI is InChI=1S/C18H24IN5O/c1-3-21-18(25)10-17(20)13(2)11-24-12-15(22-23-24)9-16(19)14-7-5-4-6-8-14/h3-8,10,12-13,16,22-23H,1,9,11,20H2,2H3,(H,21,25)/b17-10-. The van der Waals surface area contributed by atoms with Crippen LogP contribution >= 0.6 is 22.6 Å². The number of nitrogens with one attached hydrogen (secondary N) is 3. The van der Waals surface area contributed by atoms with E-state index in [1.165, 1.54) is 17.8 Å². The zero-order chi connectivity index (χ0) is 18.2. The molecule has 2 rings (SSSR count). The molecular formula is C18H24IN5O. The van der Waals surface area contributed by atoms with Crippen molar-refractivity contribution in [2.24, 2.45) is 11.7 Å². The van der Waals surface area contributed by atoms with Crippen LogP contribution in [-0.2, 0) is 4.79 Å². The van der Waals surface area contributed by atoms with Gasteiger partial charge in [0.05, 0.1) is 0 Å². The molecule has 5 N–H and O–H groups in total. The van der Waals surface area contributed by atoms with Gasteiger partial charge < -0.3 is 16.5 Å². The van der Waals surface area contributed by atoms with Crippen LogP contribution in [-0.4, -0.2) is 17.5 Å². The van der Waals surface area contributed by atoms with Crippen molar-refractivity contribution in [1.29, 1.82) is 0 Å². The van der Waals surface area contributed by atoms with E-state index in [0.717, 1.165) is 12.1 Å². The lowest BCUT2D eigenvalue weighted by Crippen LogP contribution is -2.39. The van der Waals surface area contributed by atoms with Gasteiger partial charge in [-0.05, 0) is 11.8 Å². The fraction of sp³-hybridized carbons (Fsp3) is 0.278. The molecule has 0 saturated carbocycles. The number of hydrogen-bond donors (Lipinski definition) is 4. The highest BCUT2D eigenvalue weighted by atomic mass is 127. The fourth-order valence-corrected chi connectivity index (χ4v) is 3.30. The van der Waals surface area contributed by atoms with Crippen LogP contribution in [0.3, 0.4) is 0 Å². The van der Waals surface area contributed by atoms with Crippen molar-refractivity contribution in [3.05, 3.63) is 72.3 Å². The molecule has 1 aromatic rings. The summed E-state index contributed by atoms with van der Waals surface area (Å²) in [6.07, 6.45) is 5.68. The van der Waals surface area contributed by atoms with Gasteiger partial charge in [-0.3, -0.25) is 9.80 Å². The average Bonchev–Trinajstić information content (AvgIpc) is 3.02. The molecule has 134 valence electrons. The molecule has 0 radical (unpaired) electrons. The molecule has 25 heavy (non-hydrogen) atoms. The van der Waals surface area contributed by atoms with Gasteiger partial charge in [-0.25, -0.2) is 0 Å². The maximum atomic E-state index is 11.5. The van der Waals surface area contributed by atoms with E-state index in [1.54, 1.807) is 0 Å². The minimum atomic E-state index is -0.265. The highest BCUT2D eigenvalue weighted by Crippen LogP contribution is 2.29. The Bertz CT molecular complexity index is 659. The molecule has 1 aromatic carbocycles. The molecule has 1 heterocycles. The smallest absolute Gasteiger partial charge is 0.249 e. The molecule has 2 atom stereocenters. The summed E-state index contributed by atoms with van der Waals surface area (Å²) >= 11 is 2.45. The number of rotatable bonds is 8. The predicted octanol–water partition coefficient (Wildman–Crippen LogP) is 2.46. The molecule has 0 fully saturated rings. The Hall–Kier alpha value is -2.00. The van der Waals surface area contributed by atoms with E-state index in [2.05, 4.69) is 69.7 Å². The number of hydrazine groups is 2. The first-order chi connectivity index (χ1) is 12.0. The second-order valence-electron chi connectivity index (χ2n) is 5.88. The highest BCUT2D eigenvalue weighted by molar-refractivity contribution is 14.1. The maximum absolute atomic E-state index is 11.5. The van der Waals surface area contributed by atoms with Crippen LogP contribution in [0.25, 0.3) is 0 Å². The van der Waals surface area contributed by atoms with Gasteiger partial charge in [0.15, 0.2) is 0 Å². The van der Waals surface area contributed by atoms with Crippen molar-refractivity contribution < 1.29 is 4.79 Å². The Labute approximate surface area is 162 Å². The van der Waals surface area contributed by atoms with Gasteiger partial charge >= 0.3 is 0 Å². The lowest BCUT2D eigenvalue weighted by molar-refractivity contribution is -0.115. The Morgan fingerprint density at radius 1 is 1.44 bits per heavy atom. The summed E-state index contributed by atoms with van der Waals surface area (Å²) in [5, 5.41) is 4.43. The first-order valence-corrected chi connectivity index (χ1v) is 9.30. The molecular weight excluding hydrogens is 429 g/mol. The fourth-order valence-electron chi connectivity index (χ4n) is 2.41. The van der Waals surface area contributed by atoms with Gasteiger partial charge in [-0.1, -0.05) is 66.4 Å². The van der Waals surface area contributed by atoms with Gasteiger partial charge in [-0.15, -0.1) is 5.53 Å². The van der Waals surface area contributed by atoms with Crippen molar-refractivity contribution in [2.75, 3.05) is 6.54 Å². The largest absolute Gasteiger partial charge is 0.402 e. The minimum absolute atomic E-state index is 0.0185. The van der Waals surface area contributed by atoms with E-state index in [9.17, 15) is 4.79 Å². The van der Waals surface area contributed by atoms with Gasteiger partial charge in [-0.2, -0.15) is 0 Å². The number of carbonyl (C=O) groups excluding carboxylic acids is 1. The summed E-state index contributed by atoms with van der Waals surface area (Å²) in [4.78, 5) is 11.5. The Morgan fingerprint density at radius 2 is 2.16 bits per heavy atom. The first-order valence-electron chi connectivity index (χ1n) is 8.06. The van der Waals surface area contributed by atoms with Crippen molar-refractivity contribution in [2.45, 2.75) is 17.3 Å². The monoisotopic (exact) mass is 453 g/mol. The van der Waals surface area contributed by atoms with E-state index in [4.69, 9.17) is 5.73 Å². The van der Waals surface area contributed by atoms with Crippen LogP contribution in [0.1, 0.15) is 22.8 Å². The van der Waals surface area contributed by atoms with Crippen LogP contribution in [0.2, 0.25) is 0 Å². The summed E-state index contributed by atoms with van der Waals surface area (Å²) in [5.41, 5.74) is 15.2. The average molecular weight is 453 g/mol. The van der Waals surface area contributed by atoms with E-state index < -0.39 is 0 Å². The number of hydrogen-bond acceptors (Lipinski definition) is 5. The Morgan fingerprint density at radius 3 is 2.84 bits per heavy atom. The molecule has 1 aliphatic heterocycles. The maximum Gasteiger partial charge on any atom is 0.249 e. The summed E-state index contributed by atoms with van der Waals surface area (Å²) in [7, 11) is 0. The van der Waals surface area contributed by atoms with Crippen LogP contribution in [0.15, 0.2) is 66.8 Å². The van der Waals surface area contributed by atoms with Gasteiger partial charge in [0.25, 0.3) is 0 Å². The molecule has 1 amide bonds. The molecule has 7 heteroatoms. The number of amides is 1. The lowest BCUT2D eigenvalue weighted by atomic mass is 10.1. The minimum Gasteiger partial charge on any atom is -0.402 e. The molecule has 0 aliphatic carbocycles. The summed E-state index contributed by atoms with van der Waals surface area (Å²) in [6.45, 7) is 6.08. The van der Waals surface area contributed by atoms with Crippen molar-refractivity contribution in [1.82, 2.24) is 21.3 Å². The van der Waals surface area contributed by atoms with Crippen molar-refractivity contribution in [3.63, 3.8) is 0 Å². The number of nitrogens with two attached hydrogens (primary N) is 1. The van der Waals surface area contributed by atoms with E-state index in [0.29, 0.717) is 16.2 Å². The molecule has 1 aliphatic rings. The third-order valence-electron chi connectivity index (χ3n) is 3.81. The van der Waals surface area contributed by atoms with E-state index in [1.807, 2.05) is 24.2 Å². The Kier molecular flexibility index (Phi) is 7.32. The second-order valence-corrected chi connectivity index (χ2v) is 7.39. The summed E-state index contributed by atoms with van der Waals surface area (Å²) < 4.78 is 0.393. The SMILES string of the molecule is C=CNC(=O)/C=C(\N)C(C)CN1C=C(CC(I)c2ccccc2)NN1. The number of allylic oxidation sites excluding steroid dienone is 1. The highest BCUT2D eigenvalue weighted by Gasteiger charge is 2.18. The lowest BCUT2D eigenvalue weighted by Gasteiger charge is -2.20. The zero-order valence-corrected chi connectivity index (χ0v) is 16.4. The second kappa shape index (κ2) is 9.47. The Balaban J connectivity index is 1.88. The molecule has 0 aromatic heterocycles. The summed E-state index contributed by atoms with van der Waals surface area (Å²) in [6, 6.07) is 10.4. The van der Waals surface area contributed by atoms with E-state index >= 15 is 0 Å². The molecule has 0 saturated heterocycles. The topological polar surface area (TPSA) is 82.4 Å². The number of halogens is 1. The summed E-state index contributed by atoms with van der Waals surface area (Å²) in [5.74, 6) is -0.247. The third kappa shape index (κ3) is 6.09. The molecule has 0 bridgehead atoms. The van der Waals surface area contributed by atoms with Crippen molar-refractivity contribution >= 4 is 28.5 Å². The number of carbonyl (C=O) groups is 1. The van der Waals surface area contributed by atoms with Gasteiger partial charge in [0.1, 0.15) is 0 Å². The van der Waals surface area contributed by atoms with Crippen LogP contribution < -0.4 is 22.0 Å². The normalized spacial score (nSPS) is 16.6. The van der Waals surface area contributed by atoms with Crippen LogP contribution in [0.4, 0.5) is 0 Å². The molecule has 6 nitrogen and oxygen atoms in total. The first kappa shape index (κ1) is 19.3. The number of nitrogens with zero attached hydrogens (tertiary/aromatic N) is 1. The quantitative estimate of drug-likeness (QED) is 0.276. The molecule has 0 spiro atoms. The van der Waals surface area contributed by atoms with E-state index in [-0.39, 0.29) is 11.8 Å². The van der Waals surface area contributed by atoms with Gasteiger partial charge in [0, 0.05) is 46.5 Å². The van der Waals surface area contributed by atoms with Crippen LogP contribution in [0, 0.1) is 5.92 Å². The number of benzene rings is 1. The predicted molar refractivity (Wildman–Crippen MR) is 109 cm³/mol. The van der Waals surface area contributed by atoms with Gasteiger partial charge in [0.2, 0.25) is 5.91 Å². The number of alkyl halides is 1. The van der Waals surface area contributed by atoms with Crippen LogP contribution in [0.5, 0.6) is 0 Å². The van der Waals surface area contributed by atoms with Crippen molar-refractivity contribution in [3.8, 4) is 0 Å². The third-order valence-corrected chi connectivity index (χ3v) is 4.97.